The number of rotatable bonds is 10. The maximum Gasteiger partial charge on any atom is 0.338 e. The second-order valence-electron chi connectivity index (χ2n) is 4.51. The molecule has 0 aromatic rings. The first-order valence-electron chi connectivity index (χ1n) is 6.38. The summed E-state index contributed by atoms with van der Waals surface area (Å²) in [5, 5.41) is 46.8. The summed E-state index contributed by atoms with van der Waals surface area (Å²) in [7, 11) is 0. The van der Waals surface area contributed by atoms with Gasteiger partial charge in [0.15, 0.2) is 11.7 Å². The minimum Gasteiger partial charge on any atom is -0.479 e. The molecule has 0 unspecified atom stereocenters. The van der Waals surface area contributed by atoms with Gasteiger partial charge < -0.3 is 30.3 Å². The molecule has 0 saturated carbocycles. The summed E-state index contributed by atoms with van der Waals surface area (Å²) < 4.78 is 5.18. The Morgan fingerprint density at radius 2 is 1.65 bits per heavy atom. The van der Waals surface area contributed by atoms with Crippen molar-refractivity contribution in [2.24, 2.45) is 0 Å². The topological polar surface area (TPSA) is 145 Å². The van der Waals surface area contributed by atoms with E-state index in [2.05, 4.69) is 0 Å². The predicted molar refractivity (Wildman–Crippen MR) is 67.2 cm³/mol. The molecule has 0 radical (unpaired) electrons. The first-order chi connectivity index (χ1) is 9.24. The average Bonchev–Trinajstić information content (AvgIpc) is 2.40. The Balaban J connectivity index is 5.36. The van der Waals surface area contributed by atoms with Gasteiger partial charge in [-0.15, -0.1) is 0 Å². The van der Waals surface area contributed by atoms with Crippen molar-refractivity contribution in [3.05, 3.63) is 0 Å². The average molecular weight is 294 g/mol. The fraction of sp³-hybridized carbons (Fsp3) is 0.833. The molecule has 118 valence electrons. The lowest BCUT2D eigenvalue weighted by molar-refractivity contribution is -0.208. The number of carboxylic acids is 2. The van der Waals surface area contributed by atoms with Crippen LogP contribution in [0.25, 0.3) is 0 Å². The van der Waals surface area contributed by atoms with Gasteiger partial charge in [-0.05, 0) is 12.8 Å². The third-order valence-electron chi connectivity index (χ3n) is 2.92. The summed E-state index contributed by atoms with van der Waals surface area (Å²) in [5.74, 6) is -3.28. The molecular weight excluding hydrogens is 272 g/mol. The maximum absolute atomic E-state index is 11.4. The number of carboxylic acid groups (broad SMARTS) is 2. The maximum atomic E-state index is 11.4. The third kappa shape index (κ3) is 4.14. The highest BCUT2D eigenvalue weighted by Gasteiger charge is 2.51. The van der Waals surface area contributed by atoms with Gasteiger partial charge in [-0.1, -0.05) is 20.3 Å². The van der Waals surface area contributed by atoms with E-state index < -0.39 is 35.9 Å². The first kappa shape index (κ1) is 18.8. The summed E-state index contributed by atoms with van der Waals surface area (Å²) in [6, 6.07) is 0. The van der Waals surface area contributed by atoms with Crippen molar-refractivity contribution >= 4 is 11.9 Å². The van der Waals surface area contributed by atoms with Crippen molar-refractivity contribution in [1.82, 2.24) is 0 Å². The summed E-state index contributed by atoms with van der Waals surface area (Å²) in [4.78, 5) is 22.0. The Labute approximate surface area is 116 Å². The number of hydrogen-bond donors (Lipinski definition) is 5. The summed E-state index contributed by atoms with van der Waals surface area (Å²) in [5.41, 5.74) is -2.15. The number of aliphatic hydroxyl groups excluding tert-OH is 3. The minimum atomic E-state index is -2.30. The van der Waals surface area contributed by atoms with Crippen LogP contribution in [-0.2, 0) is 14.3 Å². The van der Waals surface area contributed by atoms with Crippen LogP contribution in [0.4, 0.5) is 0 Å². The van der Waals surface area contributed by atoms with E-state index in [1.807, 2.05) is 0 Å². The fourth-order valence-electron chi connectivity index (χ4n) is 1.85. The second kappa shape index (κ2) is 8.15. The van der Waals surface area contributed by atoms with Gasteiger partial charge in [0.1, 0.15) is 12.2 Å². The second-order valence-corrected chi connectivity index (χ2v) is 4.51. The van der Waals surface area contributed by atoms with Gasteiger partial charge in [0, 0.05) is 6.61 Å². The van der Waals surface area contributed by atoms with Crippen LogP contribution in [0.15, 0.2) is 0 Å². The van der Waals surface area contributed by atoms with E-state index in [9.17, 15) is 30.0 Å². The van der Waals surface area contributed by atoms with Crippen molar-refractivity contribution in [3.8, 4) is 0 Å². The third-order valence-corrected chi connectivity index (χ3v) is 2.92. The van der Waals surface area contributed by atoms with Crippen LogP contribution in [0.1, 0.15) is 33.1 Å². The zero-order chi connectivity index (χ0) is 15.9. The number of aliphatic hydroxyl groups is 3. The van der Waals surface area contributed by atoms with Crippen molar-refractivity contribution in [1.29, 1.82) is 0 Å². The number of ether oxygens (including phenoxy) is 1. The van der Waals surface area contributed by atoms with Crippen LogP contribution in [0.2, 0.25) is 0 Å². The molecule has 0 amide bonds. The van der Waals surface area contributed by atoms with E-state index in [0.717, 1.165) is 0 Å². The molecular formula is C12H22O8. The lowest BCUT2D eigenvalue weighted by Crippen LogP contribution is -2.60. The number of aliphatic carboxylic acids is 2. The fourth-order valence-corrected chi connectivity index (χ4v) is 1.85. The number of hydrogen-bond acceptors (Lipinski definition) is 6. The van der Waals surface area contributed by atoms with E-state index in [1.54, 1.807) is 13.8 Å². The van der Waals surface area contributed by atoms with Crippen molar-refractivity contribution < 1.29 is 39.9 Å². The van der Waals surface area contributed by atoms with Gasteiger partial charge in [0.25, 0.3) is 0 Å². The molecule has 0 heterocycles. The molecule has 0 aliphatic heterocycles. The van der Waals surface area contributed by atoms with Crippen LogP contribution in [0, 0.1) is 0 Å². The largest absolute Gasteiger partial charge is 0.479 e. The van der Waals surface area contributed by atoms with Crippen LogP contribution < -0.4 is 0 Å². The van der Waals surface area contributed by atoms with E-state index in [4.69, 9.17) is 9.84 Å². The van der Waals surface area contributed by atoms with E-state index in [0.29, 0.717) is 12.8 Å². The standard InChI is InChI=1S/C12H22O8/c1-3-5-12(11(18)19,20-6-4-2)9(15)7(13)8(14)10(16)17/h7-9,13-15H,3-6H2,1-2H3,(H,16,17)(H,18,19)/t7-,8+,9+,12-/m1/s1. The SMILES string of the molecule is CCCO[C@@](CCC)(C(=O)O)[C@@H](O)[C@H](O)[C@H](O)C(=O)O. The molecule has 8 nitrogen and oxygen atoms in total. The number of carbonyl (C=O) groups is 2. The quantitative estimate of drug-likeness (QED) is 0.352. The molecule has 0 bridgehead atoms. The molecule has 5 N–H and O–H groups in total. The summed E-state index contributed by atoms with van der Waals surface area (Å²) >= 11 is 0. The van der Waals surface area contributed by atoms with Gasteiger partial charge in [0.2, 0.25) is 0 Å². The highest BCUT2D eigenvalue weighted by Crippen LogP contribution is 2.27. The monoisotopic (exact) mass is 294 g/mol. The molecule has 0 saturated heterocycles. The zero-order valence-electron chi connectivity index (χ0n) is 11.5. The van der Waals surface area contributed by atoms with Gasteiger partial charge in [-0.3, -0.25) is 0 Å². The normalized spacial score (nSPS) is 18.9. The highest BCUT2D eigenvalue weighted by molar-refractivity contribution is 5.79. The minimum absolute atomic E-state index is 0.0131. The summed E-state index contributed by atoms with van der Waals surface area (Å²) in [6.07, 6.45) is -5.88. The van der Waals surface area contributed by atoms with Crippen LogP contribution in [0.3, 0.4) is 0 Å². The van der Waals surface area contributed by atoms with E-state index in [-0.39, 0.29) is 13.0 Å². The predicted octanol–water partition coefficient (Wildman–Crippen LogP) is -0.796. The highest BCUT2D eigenvalue weighted by atomic mass is 16.5. The Hall–Kier alpha value is -1.22. The molecule has 0 rings (SSSR count). The Morgan fingerprint density at radius 1 is 1.10 bits per heavy atom. The lowest BCUT2D eigenvalue weighted by atomic mass is 9.86. The molecule has 0 aliphatic rings. The Morgan fingerprint density at radius 3 is 2.00 bits per heavy atom. The van der Waals surface area contributed by atoms with Gasteiger partial charge in [-0.2, -0.15) is 0 Å². The van der Waals surface area contributed by atoms with Gasteiger partial charge in [0.05, 0.1) is 0 Å². The zero-order valence-corrected chi connectivity index (χ0v) is 11.5. The van der Waals surface area contributed by atoms with Gasteiger partial charge in [-0.25, -0.2) is 9.59 Å². The van der Waals surface area contributed by atoms with Crippen molar-refractivity contribution in [2.75, 3.05) is 6.61 Å². The van der Waals surface area contributed by atoms with Gasteiger partial charge >= 0.3 is 11.9 Å². The molecule has 8 heteroatoms. The molecule has 20 heavy (non-hydrogen) atoms. The van der Waals surface area contributed by atoms with E-state index >= 15 is 0 Å². The van der Waals surface area contributed by atoms with Crippen molar-refractivity contribution in [2.45, 2.75) is 57.0 Å². The first-order valence-corrected chi connectivity index (χ1v) is 6.38. The molecule has 0 fully saturated rings. The molecule has 0 aliphatic carbocycles. The smallest absolute Gasteiger partial charge is 0.338 e. The Bertz CT molecular complexity index is 331. The van der Waals surface area contributed by atoms with E-state index in [1.165, 1.54) is 0 Å². The lowest BCUT2D eigenvalue weighted by Gasteiger charge is -2.36. The molecule has 0 aromatic heterocycles. The summed E-state index contributed by atoms with van der Waals surface area (Å²) in [6.45, 7) is 3.40. The molecule has 4 atom stereocenters. The van der Waals surface area contributed by atoms with Crippen LogP contribution in [0.5, 0.6) is 0 Å². The van der Waals surface area contributed by atoms with Crippen LogP contribution >= 0.6 is 0 Å². The van der Waals surface area contributed by atoms with Crippen LogP contribution in [-0.4, -0.2) is 68.0 Å². The Kier molecular flexibility index (Phi) is 7.66. The van der Waals surface area contributed by atoms with Crippen molar-refractivity contribution in [3.63, 3.8) is 0 Å². The molecule has 0 spiro atoms. The molecule has 0 aromatic carbocycles.